The average molecular weight is 346 g/mol. The monoisotopic (exact) mass is 346 g/mol. The van der Waals surface area contributed by atoms with Gasteiger partial charge in [-0.2, -0.15) is 0 Å². The Morgan fingerprint density at radius 2 is 1.96 bits per heavy atom. The molecule has 0 radical (unpaired) electrons. The van der Waals surface area contributed by atoms with Crippen molar-refractivity contribution in [3.63, 3.8) is 0 Å². The van der Waals surface area contributed by atoms with Crippen LogP contribution in [0.2, 0.25) is 0 Å². The topological polar surface area (TPSA) is 61.8 Å². The maximum atomic E-state index is 12.9. The molecule has 1 spiro atoms. The molecule has 5 nitrogen and oxygen atoms in total. The predicted octanol–water partition coefficient (Wildman–Crippen LogP) is 2.19. The van der Waals surface area contributed by atoms with Gasteiger partial charge in [0, 0.05) is 17.5 Å². The molecule has 1 aromatic carbocycles. The maximum absolute atomic E-state index is 12.9. The van der Waals surface area contributed by atoms with Crippen molar-refractivity contribution in [1.82, 2.24) is 10.2 Å². The fourth-order valence-corrected chi connectivity index (χ4v) is 4.36. The summed E-state index contributed by atoms with van der Waals surface area (Å²) in [5.41, 5.74) is -1.06. The van der Waals surface area contributed by atoms with Gasteiger partial charge < -0.3 is 20.1 Å². The van der Waals surface area contributed by atoms with E-state index in [0.29, 0.717) is 11.8 Å². The Morgan fingerprint density at radius 3 is 2.44 bits per heavy atom. The number of hydrogen-bond donors (Lipinski definition) is 2. The first-order valence-electron chi connectivity index (χ1n) is 9.15. The van der Waals surface area contributed by atoms with Gasteiger partial charge in [0.15, 0.2) is 0 Å². The molecule has 2 saturated carbocycles. The summed E-state index contributed by atoms with van der Waals surface area (Å²) in [7, 11) is 4.22. The molecule has 0 saturated heterocycles. The van der Waals surface area contributed by atoms with Crippen LogP contribution in [0, 0.1) is 5.41 Å². The van der Waals surface area contributed by atoms with Crippen LogP contribution >= 0.6 is 0 Å². The molecular weight excluding hydrogens is 316 g/mol. The molecule has 0 aromatic heterocycles. The summed E-state index contributed by atoms with van der Waals surface area (Å²) >= 11 is 0. The number of para-hydroxylation sites is 1. The average Bonchev–Trinajstić information content (AvgIpc) is 2.46. The van der Waals surface area contributed by atoms with E-state index in [1.165, 1.54) is 6.42 Å². The fraction of sp³-hybridized carbons (Fsp3) is 0.650. The van der Waals surface area contributed by atoms with Crippen molar-refractivity contribution in [2.24, 2.45) is 5.41 Å². The van der Waals surface area contributed by atoms with Crippen molar-refractivity contribution in [2.45, 2.75) is 63.3 Å². The van der Waals surface area contributed by atoms with Gasteiger partial charge >= 0.3 is 0 Å². The van der Waals surface area contributed by atoms with Gasteiger partial charge in [0.1, 0.15) is 11.4 Å². The summed E-state index contributed by atoms with van der Waals surface area (Å²) in [5.74, 6) is 0.354. The van der Waals surface area contributed by atoms with Crippen LogP contribution in [0.15, 0.2) is 30.3 Å². The Balaban J connectivity index is 1.69. The molecule has 25 heavy (non-hydrogen) atoms. The fourth-order valence-electron chi connectivity index (χ4n) is 4.36. The van der Waals surface area contributed by atoms with Gasteiger partial charge in [0.05, 0.1) is 0 Å². The summed E-state index contributed by atoms with van der Waals surface area (Å²) in [6, 6.07) is 9.89. The van der Waals surface area contributed by atoms with Gasteiger partial charge in [-0.15, -0.1) is 0 Å². The third-order valence-corrected chi connectivity index (χ3v) is 5.92. The number of carbonyl (C=O) groups is 1. The molecule has 0 aliphatic heterocycles. The molecule has 3 unspecified atom stereocenters. The predicted molar refractivity (Wildman–Crippen MR) is 97.5 cm³/mol. The summed E-state index contributed by atoms with van der Waals surface area (Å²) in [5, 5.41) is 13.6. The highest BCUT2D eigenvalue weighted by atomic mass is 16.5. The van der Waals surface area contributed by atoms with Gasteiger partial charge in [0.25, 0.3) is 5.91 Å². The van der Waals surface area contributed by atoms with E-state index < -0.39 is 11.7 Å². The van der Waals surface area contributed by atoms with Gasteiger partial charge in [-0.1, -0.05) is 24.6 Å². The highest BCUT2D eigenvalue weighted by Gasteiger charge is 2.59. The molecular formula is C20H30N2O3. The second-order valence-corrected chi connectivity index (χ2v) is 8.33. The van der Waals surface area contributed by atoms with Crippen molar-refractivity contribution in [1.29, 1.82) is 0 Å². The SMILES string of the molecule is CN(C)C1CC(NC(=O)C(Oc2ccccc2)C(C)(C)O)C12CCC2. The molecule has 2 aliphatic rings. The molecule has 5 heteroatoms. The molecule has 2 N–H and O–H groups in total. The van der Waals surface area contributed by atoms with Crippen molar-refractivity contribution < 1.29 is 14.6 Å². The number of ether oxygens (including phenoxy) is 1. The number of nitrogens with one attached hydrogen (secondary N) is 1. The molecule has 0 heterocycles. The van der Waals surface area contributed by atoms with E-state index in [9.17, 15) is 9.90 Å². The number of aliphatic hydroxyl groups is 1. The molecule has 3 atom stereocenters. The molecule has 3 rings (SSSR count). The molecule has 138 valence electrons. The third kappa shape index (κ3) is 3.40. The van der Waals surface area contributed by atoms with Crippen molar-refractivity contribution in [3.05, 3.63) is 30.3 Å². The number of benzene rings is 1. The minimum absolute atomic E-state index is 0.172. The molecule has 2 fully saturated rings. The minimum atomic E-state index is -1.27. The normalized spacial score (nSPS) is 25.8. The minimum Gasteiger partial charge on any atom is -0.478 e. The van der Waals surface area contributed by atoms with Gasteiger partial charge in [0.2, 0.25) is 6.10 Å². The Kier molecular flexibility index (Phi) is 4.82. The molecule has 1 amide bonds. The molecule has 1 aromatic rings. The standard InChI is InChI=1S/C20H30N2O3/c1-19(2,24)17(25-14-9-6-5-7-10-14)18(23)21-15-13-16(22(3)4)20(15)11-8-12-20/h5-7,9-10,15-17,24H,8,11-13H2,1-4H3,(H,21,23). The lowest BCUT2D eigenvalue weighted by Crippen LogP contribution is -2.71. The van der Waals surface area contributed by atoms with E-state index in [1.54, 1.807) is 26.0 Å². The van der Waals surface area contributed by atoms with Crippen LogP contribution in [0.1, 0.15) is 39.5 Å². The van der Waals surface area contributed by atoms with Gasteiger partial charge in [-0.3, -0.25) is 4.79 Å². The number of carbonyl (C=O) groups excluding carboxylic acids is 1. The Labute approximate surface area is 150 Å². The third-order valence-electron chi connectivity index (χ3n) is 5.92. The first-order valence-corrected chi connectivity index (χ1v) is 9.15. The summed E-state index contributed by atoms with van der Waals surface area (Å²) in [6.45, 7) is 3.23. The zero-order valence-corrected chi connectivity index (χ0v) is 15.7. The van der Waals surface area contributed by atoms with Gasteiger partial charge in [-0.25, -0.2) is 0 Å². The van der Waals surface area contributed by atoms with Gasteiger partial charge in [-0.05, 0) is 59.3 Å². The highest BCUT2D eigenvalue weighted by molar-refractivity contribution is 5.83. The van der Waals surface area contributed by atoms with Crippen LogP contribution in [0.4, 0.5) is 0 Å². The zero-order valence-electron chi connectivity index (χ0n) is 15.7. The van der Waals surface area contributed by atoms with Crippen LogP contribution < -0.4 is 10.1 Å². The van der Waals surface area contributed by atoms with E-state index in [4.69, 9.17) is 4.74 Å². The van der Waals surface area contributed by atoms with Crippen molar-refractivity contribution in [2.75, 3.05) is 14.1 Å². The quantitative estimate of drug-likeness (QED) is 0.829. The largest absolute Gasteiger partial charge is 0.478 e. The molecule has 2 aliphatic carbocycles. The van der Waals surface area contributed by atoms with E-state index in [1.807, 2.05) is 18.2 Å². The highest BCUT2D eigenvalue weighted by Crippen LogP contribution is 2.57. The van der Waals surface area contributed by atoms with Crippen LogP contribution in [0.5, 0.6) is 5.75 Å². The summed E-state index contributed by atoms with van der Waals surface area (Å²) in [4.78, 5) is 15.2. The molecule has 0 bridgehead atoms. The number of rotatable bonds is 6. The summed E-state index contributed by atoms with van der Waals surface area (Å²) < 4.78 is 5.83. The van der Waals surface area contributed by atoms with E-state index in [0.717, 1.165) is 19.3 Å². The lowest BCUT2D eigenvalue weighted by Gasteiger charge is -2.63. The second kappa shape index (κ2) is 6.61. The van der Waals surface area contributed by atoms with Crippen LogP contribution in [0.25, 0.3) is 0 Å². The first kappa shape index (κ1) is 18.2. The maximum Gasteiger partial charge on any atom is 0.264 e. The van der Waals surface area contributed by atoms with Crippen molar-refractivity contribution >= 4 is 5.91 Å². The van der Waals surface area contributed by atoms with E-state index in [-0.39, 0.29) is 17.4 Å². The number of hydrogen-bond acceptors (Lipinski definition) is 4. The van der Waals surface area contributed by atoms with E-state index >= 15 is 0 Å². The Morgan fingerprint density at radius 1 is 1.32 bits per heavy atom. The van der Waals surface area contributed by atoms with Crippen LogP contribution in [-0.4, -0.2) is 53.8 Å². The second-order valence-electron chi connectivity index (χ2n) is 8.33. The lowest BCUT2D eigenvalue weighted by molar-refractivity contribution is -0.149. The number of amides is 1. The number of nitrogens with zero attached hydrogens (tertiary/aromatic N) is 1. The van der Waals surface area contributed by atoms with E-state index in [2.05, 4.69) is 24.3 Å². The zero-order chi connectivity index (χ0) is 18.2. The lowest BCUT2D eigenvalue weighted by atomic mass is 9.49. The van der Waals surface area contributed by atoms with Crippen LogP contribution in [-0.2, 0) is 4.79 Å². The van der Waals surface area contributed by atoms with Crippen molar-refractivity contribution in [3.8, 4) is 5.75 Å². The summed E-state index contributed by atoms with van der Waals surface area (Å²) in [6.07, 6.45) is 3.57. The Hall–Kier alpha value is -1.59. The first-order chi connectivity index (χ1) is 11.7. The van der Waals surface area contributed by atoms with Crippen LogP contribution in [0.3, 0.4) is 0 Å². The Bertz CT molecular complexity index is 605. The smallest absolute Gasteiger partial charge is 0.264 e.